The van der Waals surface area contributed by atoms with Gasteiger partial charge in [0.25, 0.3) is 0 Å². The summed E-state index contributed by atoms with van der Waals surface area (Å²) in [5, 5.41) is 10.4. The number of rotatable bonds is 4. The van der Waals surface area contributed by atoms with Gasteiger partial charge in [0.1, 0.15) is 16.7 Å². The third-order valence-corrected chi connectivity index (χ3v) is 5.21. The number of nitrogens with one attached hydrogen (secondary N) is 1. The number of aryl methyl sites for hydroxylation is 1. The van der Waals surface area contributed by atoms with E-state index in [9.17, 15) is 18.0 Å². The number of alkyl carbamates (subject to hydrolysis) is 1. The topological polar surface area (TPSA) is 95.6 Å². The highest BCUT2D eigenvalue weighted by molar-refractivity contribution is 5.69. The van der Waals surface area contributed by atoms with Gasteiger partial charge in [-0.2, -0.15) is 14.9 Å². The maximum Gasteiger partial charge on any atom is 0.504 e. The van der Waals surface area contributed by atoms with Crippen molar-refractivity contribution in [3.8, 4) is 17.1 Å². The lowest BCUT2D eigenvalue weighted by molar-refractivity contribution is -0.212. The van der Waals surface area contributed by atoms with Crippen LogP contribution in [0.1, 0.15) is 59.9 Å². The zero-order chi connectivity index (χ0) is 26.2. The maximum atomic E-state index is 12.9. The zero-order valence-corrected chi connectivity index (χ0v) is 20.9. The summed E-state index contributed by atoms with van der Waals surface area (Å²) in [5.74, 6) is 0.250. The molecule has 3 heterocycles. The van der Waals surface area contributed by atoms with Crippen LogP contribution in [0.15, 0.2) is 24.8 Å². The van der Waals surface area contributed by atoms with E-state index in [-0.39, 0.29) is 27.9 Å². The Morgan fingerprint density at radius 1 is 1.14 bits per heavy atom. The fourth-order valence-electron chi connectivity index (χ4n) is 3.80. The molecule has 0 bridgehead atoms. The van der Waals surface area contributed by atoms with Crippen LogP contribution >= 0.6 is 0 Å². The molecule has 9 nitrogen and oxygen atoms in total. The number of amides is 1. The lowest BCUT2D eigenvalue weighted by Gasteiger charge is -2.44. The van der Waals surface area contributed by atoms with Gasteiger partial charge in [0.2, 0.25) is 5.88 Å². The van der Waals surface area contributed by atoms with E-state index in [4.69, 9.17) is 9.47 Å². The standard InChI is InChI=1S/C21H25F3N6O3.C2H6/c1-12-8-25-29-11-15(13-9-26-30(10-13)21(22,23)24)28-17(16(12)29)32-20(5)6-14(7-20)27-18(31)33-19(2,3)4;1-2/h8-11,14H,6-7H2,1-5H3,(H,27,31);1-2H3. The summed E-state index contributed by atoms with van der Waals surface area (Å²) in [5.41, 5.74) is 0.618. The number of halogens is 3. The number of carbonyl (C=O) groups is 1. The first kappa shape index (κ1) is 26.3. The molecule has 3 aromatic rings. The fraction of sp³-hybridized carbons (Fsp3) is 0.565. The molecule has 0 aliphatic heterocycles. The van der Waals surface area contributed by atoms with Gasteiger partial charge in [0, 0.05) is 36.2 Å². The fourth-order valence-corrected chi connectivity index (χ4v) is 3.80. The van der Waals surface area contributed by atoms with Crippen LogP contribution in [-0.4, -0.2) is 47.7 Å². The van der Waals surface area contributed by atoms with Crippen LogP contribution in [0.4, 0.5) is 18.0 Å². The van der Waals surface area contributed by atoms with E-state index < -0.39 is 23.6 Å². The minimum Gasteiger partial charge on any atom is -0.470 e. The summed E-state index contributed by atoms with van der Waals surface area (Å²) < 4.78 is 51.8. The number of ether oxygens (including phenoxy) is 2. The second-order valence-electron chi connectivity index (χ2n) is 9.50. The normalized spacial score (nSPS) is 20.0. The van der Waals surface area contributed by atoms with E-state index >= 15 is 0 Å². The van der Waals surface area contributed by atoms with E-state index in [1.54, 1.807) is 27.0 Å². The Morgan fingerprint density at radius 2 is 1.80 bits per heavy atom. The third kappa shape index (κ3) is 6.04. The van der Waals surface area contributed by atoms with Crippen molar-refractivity contribution in [3.05, 3.63) is 30.4 Å². The first-order valence-corrected chi connectivity index (χ1v) is 11.4. The number of aromatic nitrogens is 5. The second kappa shape index (κ2) is 9.38. The van der Waals surface area contributed by atoms with Crippen molar-refractivity contribution in [3.63, 3.8) is 0 Å². The highest BCUT2D eigenvalue weighted by Gasteiger charge is 2.44. The van der Waals surface area contributed by atoms with Gasteiger partial charge in [-0.25, -0.2) is 14.3 Å². The van der Waals surface area contributed by atoms with Crippen LogP contribution in [0.5, 0.6) is 5.88 Å². The van der Waals surface area contributed by atoms with E-state index in [1.165, 1.54) is 10.7 Å². The summed E-state index contributed by atoms with van der Waals surface area (Å²) in [6.07, 6.45) is 1.02. The molecular weight excluding hydrogens is 465 g/mol. The Bertz CT molecular complexity index is 1190. The minimum absolute atomic E-state index is 0.0801. The van der Waals surface area contributed by atoms with Gasteiger partial charge in [0.05, 0.1) is 24.3 Å². The Morgan fingerprint density at radius 3 is 2.37 bits per heavy atom. The average molecular weight is 497 g/mol. The van der Waals surface area contributed by atoms with Crippen molar-refractivity contribution in [2.45, 2.75) is 84.9 Å². The van der Waals surface area contributed by atoms with Gasteiger partial charge < -0.3 is 14.8 Å². The monoisotopic (exact) mass is 496 g/mol. The SMILES string of the molecule is CC.Cc1cnn2cc(-c3cnn(C(F)(F)F)c3)nc(OC3(C)CC(NC(=O)OC(C)(C)C)C3)c12. The summed E-state index contributed by atoms with van der Waals surface area (Å²) in [7, 11) is 0. The Hall–Kier alpha value is -3.31. The Balaban J connectivity index is 0.00000167. The number of hydrogen-bond acceptors (Lipinski definition) is 6. The highest BCUT2D eigenvalue weighted by Crippen LogP contribution is 2.38. The van der Waals surface area contributed by atoms with Crippen LogP contribution < -0.4 is 10.1 Å². The first-order valence-electron chi connectivity index (χ1n) is 11.4. The average Bonchev–Trinajstić information content (AvgIpc) is 3.34. The van der Waals surface area contributed by atoms with E-state index in [1.807, 2.05) is 27.7 Å². The molecule has 1 fully saturated rings. The maximum absolute atomic E-state index is 12.9. The molecule has 1 aliphatic rings. The third-order valence-electron chi connectivity index (χ3n) is 5.21. The Kier molecular flexibility index (Phi) is 7.05. The predicted octanol–water partition coefficient (Wildman–Crippen LogP) is 5.23. The van der Waals surface area contributed by atoms with Crippen molar-refractivity contribution in [2.24, 2.45) is 0 Å². The molecule has 0 radical (unpaired) electrons. The molecule has 0 aromatic carbocycles. The summed E-state index contributed by atoms with van der Waals surface area (Å²) in [6, 6.07) is -0.125. The van der Waals surface area contributed by atoms with Gasteiger partial charge in [-0.3, -0.25) is 0 Å². The van der Waals surface area contributed by atoms with Crippen LogP contribution in [0, 0.1) is 6.92 Å². The van der Waals surface area contributed by atoms with Crippen molar-refractivity contribution in [1.82, 2.24) is 29.7 Å². The molecule has 0 saturated heterocycles. The predicted molar refractivity (Wildman–Crippen MR) is 123 cm³/mol. The van der Waals surface area contributed by atoms with Gasteiger partial charge in [0.15, 0.2) is 0 Å². The van der Waals surface area contributed by atoms with E-state index in [2.05, 4.69) is 20.5 Å². The Labute approximate surface area is 201 Å². The van der Waals surface area contributed by atoms with Crippen molar-refractivity contribution in [1.29, 1.82) is 0 Å². The molecule has 1 amide bonds. The quantitative estimate of drug-likeness (QED) is 0.532. The summed E-state index contributed by atoms with van der Waals surface area (Å²) in [6.45, 7) is 13.1. The van der Waals surface area contributed by atoms with Crippen molar-refractivity contribution in [2.75, 3.05) is 0 Å². The molecule has 1 N–H and O–H groups in total. The van der Waals surface area contributed by atoms with Crippen LogP contribution in [0.25, 0.3) is 16.8 Å². The molecule has 35 heavy (non-hydrogen) atoms. The van der Waals surface area contributed by atoms with Gasteiger partial charge in [-0.05, 0) is 34.6 Å². The molecule has 1 aliphatic carbocycles. The van der Waals surface area contributed by atoms with Crippen molar-refractivity contribution >= 4 is 11.6 Å². The molecule has 0 unspecified atom stereocenters. The van der Waals surface area contributed by atoms with Crippen LogP contribution in [-0.2, 0) is 11.0 Å². The zero-order valence-electron chi connectivity index (χ0n) is 20.9. The lowest BCUT2D eigenvalue weighted by atomic mass is 9.77. The number of nitrogens with zero attached hydrogens (tertiary/aromatic N) is 5. The van der Waals surface area contributed by atoms with E-state index in [0.717, 1.165) is 18.0 Å². The summed E-state index contributed by atoms with van der Waals surface area (Å²) in [4.78, 5) is 16.5. The minimum atomic E-state index is -4.63. The smallest absolute Gasteiger partial charge is 0.470 e. The molecule has 1 saturated carbocycles. The van der Waals surface area contributed by atoms with Crippen LogP contribution in [0.2, 0.25) is 0 Å². The molecular formula is C23H31F3N6O3. The number of fused-ring (bicyclic) bond motifs is 1. The molecule has 192 valence electrons. The largest absolute Gasteiger partial charge is 0.504 e. The lowest BCUT2D eigenvalue weighted by Crippen LogP contribution is -2.57. The molecule has 3 aromatic heterocycles. The first-order chi connectivity index (χ1) is 16.2. The van der Waals surface area contributed by atoms with Gasteiger partial charge in [-0.15, -0.1) is 13.2 Å². The van der Waals surface area contributed by atoms with Gasteiger partial charge in [-0.1, -0.05) is 13.8 Å². The number of hydrogen-bond donors (Lipinski definition) is 1. The van der Waals surface area contributed by atoms with Crippen molar-refractivity contribution < 1.29 is 27.4 Å². The van der Waals surface area contributed by atoms with Gasteiger partial charge >= 0.3 is 12.4 Å². The highest BCUT2D eigenvalue weighted by atomic mass is 19.4. The number of carbonyl (C=O) groups excluding carboxylic acids is 1. The molecule has 12 heteroatoms. The molecule has 0 spiro atoms. The van der Waals surface area contributed by atoms with E-state index in [0.29, 0.717) is 18.4 Å². The molecule has 4 rings (SSSR count). The number of alkyl halides is 3. The summed E-state index contributed by atoms with van der Waals surface area (Å²) >= 11 is 0. The molecule has 0 atom stereocenters. The van der Waals surface area contributed by atoms with Crippen LogP contribution in [0.3, 0.4) is 0 Å². The second-order valence-corrected chi connectivity index (χ2v) is 9.50.